The van der Waals surface area contributed by atoms with Crippen LogP contribution in [0.5, 0.6) is 0 Å². The van der Waals surface area contributed by atoms with Gasteiger partial charge in [-0.1, -0.05) is 112 Å². The molecule has 0 fully saturated rings. The molecule has 0 saturated carbocycles. The van der Waals surface area contributed by atoms with Crippen LogP contribution >= 0.6 is 7.92 Å². The van der Waals surface area contributed by atoms with E-state index in [4.69, 9.17) is 9.98 Å². The Labute approximate surface area is 204 Å². The van der Waals surface area contributed by atoms with Crippen LogP contribution in [-0.4, -0.2) is 24.9 Å². The zero-order chi connectivity index (χ0) is 23.9. The topological polar surface area (TPSA) is 24.7 Å². The van der Waals surface area contributed by atoms with Crippen LogP contribution in [0.15, 0.2) is 126 Å². The molecular formula is C31H29N2P. The van der Waals surface area contributed by atoms with Crippen molar-refractivity contribution in [2.24, 2.45) is 9.98 Å². The third-order valence-corrected chi connectivity index (χ3v) is 6.94. The SMILES string of the molecule is C=C(/N=C(\N=C(/C)c1ccccc1)c1cccc(-c2cccc(P(C)C)c2)c1)c1ccccc1. The van der Waals surface area contributed by atoms with Crippen LogP contribution in [0.2, 0.25) is 0 Å². The zero-order valence-electron chi connectivity index (χ0n) is 19.9. The monoisotopic (exact) mass is 460 g/mol. The van der Waals surface area contributed by atoms with Gasteiger partial charge >= 0.3 is 0 Å². The predicted octanol–water partition coefficient (Wildman–Crippen LogP) is 7.65. The summed E-state index contributed by atoms with van der Waals surface area (Å²) in [4.78, 5) is 9.87. The summed E-state index contributed by atoms with van der Waals surface area (Å²) in [7, 11) is -0.154. The van der Waals surface area contributed by atoms with E-state index in [0.717, 1.165) is 28.0 Å². The van der Waals surface area contributed by atoms with Gasteiger partial charge in [0.1, 0.15) is 0 Å². The first-order valence-corrected chi connectivity index (χ1v) is 13.6. The number of benzene rings is 4. The summed E-state index contributed by atoms with van der Waals surface area (Å²) in [5, 5.41) is 1.39. The van der Waals surface area contributed by atoms with E-state index in [1.54, 1.807) is 0 Å². The summed E-state index contributed by atoms with van der Waals surface area (Å²) in [6.45, 7) is 10.8. The first kappa shape index (κ1) is 23.5. The first-order valence-electron chi connectivity index (χ1n) is 11.3. The molecule has 0 aliphatic heterocycles. The molecule has 0 atom stereocenters. The molecule has 0 spiro atoms. The number of hydrogen-bond donors (Lipinski definition) is 0. The van der Waals surface area contributed by atoms with Crippen molar-refractivity contribution in [1.82, 2.24) is 0 Å². The third kappa shape index (κ3) is 5.84. The van der Waals surface area contributed by atoms with Gasteiger partial charge in [-0.3, -0.25) is 0 Å². The van der Waals surface area contributed by atoms with E-state index in [9.17, 15) is 0 Å². The normalized spacial score (nSPS) is 12.1. The predicted molar refractivity (Wildman–Crippen MR) is 151 cm³/mol. The number of nitrogens with zero attached hydrogens (tertiary/aromatic N) is 2. The van der Waals surface area contributed by atoms with Crippen LogP contribution in [0.3, 0.4) is 0 Å². The molecule has 0 saturated heterocycles. The first-order chi connectivity index (χ1) is 16.5. The second kappa shape index (κ2) is 11.0. The number of amidine groups is 1. The molecule has 0 heterocycles. The Morgan fingerprint density at radius 2 is 1.18 bits per heavy atom. The fourth-order valence-electron chi connectivity index (χ4n) is 3.68. The van der Waals surface area contributed by atoms with Gasteiger partial charge in [-0.25, -0.2) is 9.98 Å². The fourth-order valence-corrected chi connectivity index (χ4v) is 4.46. The maximum Gasteiger partial charge on any atom is 0.160 e. The second-order valence-electron chi connectivity index (χ2n) is 8.34. The summed E-state index contributed by atoms with van der Waals surface area (Å²) in [5.74, 6) is 0.654. The molecule has 0 bridgehead atoms. The van der Waals surface area contributed by atoms with Gasteiger partial charge in [0.05, 0.1) is 5.70 Å². The van der Waals surface area contributed by atoms with Crippen molar-refractivity contribution in [2.45, 2.75) is 6.92 Å². The van der Waals surface area contributed by atoms with Gasteiger partial charge < -0.3 is 0 Å². The van der Waals surface area contributed by atoms with Crippen molar-refractivity contribution in [3.8, 4) is 11.1 Å². The van der Waals surface area contributed by atoms with Crippen LogP contribution in [0.4, 0.5) is 0 Å². The minimum Gasteiger partial charge on any atom is -0.233 e. The highest BCUT2D eigenvalue weighted by Crippen LogP contribution is 2.28. The Kier molecular flexibility index (Phi) is 7.62. The van der Waals surface area contributed by atoms with Crippen molar-refractivity contribution >= 4 is 30.5 Å². The van der Waals surface area contributed by atoms with Crippen LogP contribution in [0, 0.1) is 0 Å². The lowest BCUT2D eigenvalue weighted by Crippen LogP contribution is -2.05. The smallest absolute Gasteiger partial charge is 0.160 e. The van der Waals surface area contributed by atoms with Crippen LogP contribution in [0.1, 0.15) is 23.6 Å². The summed E-state index contributed by atoms with van der Waals surface area (Å²) in [6.07, 6.45) is 0. The van der Waals surface area contributed by atoms with Crippen molar-refractivity contribution in [3.63, 3.8) is 0 Å². The molecule has 0 aliphatic carbocycles. The molecule has 0 aliphatic rings. The molecule has 0 aromatic heterocycles. The second-order valence-corrected chi connectivity index (χ2v) is 10.6. The Hall–Kier alpha value is -3.61. The highest BCUT2D eigenvalue weighted by Gasteiger charge is 2.09. The average Bonchev–Trinajstić information content (AvgIpc) is 2.89. The van der Waals surface area contributed by atoms with Crippen molar-refractivity contribution in [3.05, 3.63) is 132 Å². The minimum absolute atomic E-state index is 0.154. The van der Waals surface area contributed by atoms with E-state index in [1.165, 1.54) is 10.9 Å². The Balaban J connectivity index is 1.79. The van der Waals surface area contributed by atoms with Crippen LogP contribution < -0.4 is 5.30 Å². The standard InChI is InChI=1S/C31H29N2P/c1-23(25-13-7-5-8-14-25)32-31(33-24(2)26-15-9-6-10-16-26)29-19-11-17-27(21-29)28-18-12-20-30(22-28)34(3)4/h5-22H,1H2,2-4H3/b32-31-,33-24+. The van der Waals surface area contributed by atoms with Gasteiger partial charge in [0.25, 0.3) is 0 Å². The van der Waals surface area contributed by atoms with Gasteiger partial charge in [0.2, 0.25) is 0 Å². The molecule has 168 valence electrons. The Morgan fingerprint density at radius 3 is 1.82 bits per heavy atom. The Morgan fingerprint density at radius 1 is 0.618 bits per heavy atom. The molecule has 34 heavy (non-hydrogen) atoms. The summed E-state index contributed by atoms with van der Waals surface area (Å²) >= 11 is 0. The number of aliphatic imine (C=N–C) groups is 2. The van der Waals surface area contributed by atoms with Gasteiger partial charge in [0.15, 0.2) is 5.84 Å². The molecule has 4 rings (SSSR count). The lowest BCUT2D eigenvalue weighted by molar-refractivity contribution is 1.44. The minimum atomic E-state index is -0.154. The summed E-state index contributed by atoms with van der Waals surface area (Å²) < 4.78 is 0. The maximum absolute atomic E-state index is 4.97. The molecule has 2 nitrogen and oxygen atoms in total. The van der Waals surface area contributed by atoms with E-state index < -0.39 is 0 Å². The molecule has 0 N–H and O–H groups in total. The Bertz CT molecular complexity index is 1340. The largest absolute Gasteiger partial charge is 0.233 e. The number of rotatable bonds is 6. The van der Waals surface area contributed by atoms with E-state index in [-0.39, 0.29) is 7.92 Å². The third-order valence-electron chi connectivity index (χ3n) is 5.63. The highest BCUT2D eigenvalue weighted by molar-refractivity contribution is 7.64. The lowest BCUT2D eigenvalue weighted by Gasteiger charge is -2.11. The van der Waals surface area contributed by atoms with E-state index in [2.05, 4.69) is 80.6 Å². The highest BCUT2D eigenvalue weighted by atomic mass is 31.1. The molecule has 0 amide bonds. The lowest BCUT2D eigenvalue weighted by atomic mass is 10.0. The zero-order valence-corrected chi connectivity index (χ0v) is 20.8. The molecule has 0 unspecified atom stereocenters. The quantitative estimate of drug-likeness (QED) is 0.160. The van der Waals surface area contributed by atoms with E-state index >= 15 is 0 Å². The molecule has 4 aromatic carbocycles. The maximum atomic E-state index is 4.97. The molecule has 4 aromatic rings. The molecule has 3 heteroatoms. The van der Waals surface area contributed by atoms with E-state index in [0.29, 0.717) is 11.5 Å². The van der Waals surface area contributed by atoms with Crippen molar-refractivity contribution in [1.29, 1.82) is 0 Å². The van der Waals surface area contributed by atoms with Crippen molar-refractivity contribution < 1.29 is 0 Å². The van der Waals surface area contributed by atoms with E-state index in [1.807, 2.05) is 55.5 Å². The number of hydrogen-bond acceptors (Lipinski definition) is 1. The molecule has 0 radical (unpaired) electrons. The fraction of sp³-hybridized carbons (Fsp3) is 0.0968. The van der Waals surface area contributed by atoms with Gasteiger partial charge in [0, 0.05) is 11.3 Å². The van der Waals surface area contributed by atoms with Gasteiger partial charge in [-0.2, -0.15) is 0 Å². The molecular weight excluding hydrogens is 431 g/mol. The summed E-state index contributed by atoms with van der Waals surface area (Å²) in [5.41, 5.74) is 6.98. The van der Waals surface area contributed by atoms with Crippen LogP contribution in [-0.2, 0) is 0 Å². The van der Waals surface area contributed by atoms with Gasteiger partial charge in [-0.15, -0.1) is 0 Å². The van der Waals surface area contributed by atoms with Gasteiger partial charge in [-0.05, 0) is 59.9 Å². The average molecular weight is 461 g/mol. The summed E-state index contributed by atoms with van der Waals surface area (Å²) in [6, 6.07) is 37.5. The van der Waals surface area contributed by atoms with Crippen LogP contribution in [0.25, 0.3) is 16.8 Å². The van der Waals surface area contributed by atoms with Crippen molar-refractivity contribution in [2.75, 3.05) is 13.3 Å².